The molecule has 3 rings (SSSR count). The van der Waals surface area contributed by atoms with Crippen LogP contribution < -0.4 is 10.1 Å². The number of halogens is 3. The van der Waals surface area contributed by atoms with Crippen molar-refractivity contribution in [3.8, 4) is 5.75 Å². The number of rotatable bonds is 4. The van der Waals surface area contributed by atoms with Gasteiger partial charge in [0.05, 0.1) is 17.3 Å². The van der Waals surface area contributed by atoms with E-state index in [1.54, 1.807) is 18.4 Å². The number of furan rings is 1. The third-order valence-electron chi connectivity index (χ3n) is 3.54. The van der Waals surface area contributed by atoms with Gasteiger partial charge in [-0.25, -0.2) is 0 Å². The molecule has 0 bridgehead atoms. The number of ether oxygens (including phenoxy) is 1. The van der Waals surface area contributed by atoms with Crippen LogP contribution in [0.1, 0.15) is 30.2 Å². The topological polar surface area (TPSA) is 34.4 Å². The molecule has 0 radical (unpaired) electrons. The lowest BCUT2D eigenvalue weighted by Gasteiger charge is -2.24. The average Bonchev–Trinajstić information content (AvgIpc) is 2.91. The fourth-order valence-electron chi connectivity index (χ4n) is 2.62. The molecule has 0 fully saturated rings. The van der Waals surface area contributed by atoms with E-state index in [-0.39, 0.29) is 16.8 Å². The van der Waals surface area contributed by atoms with Crippen LogP contribution in [0.4, 0.5) is 14.5 Å². The molecule has 1 heterocycles. The first-order valence-electron chi connectivity index (χ1n) is 6.70. The zero-order chi connectivity index (χ0) is 14.8. The number of fused-ring (bicyclic) bond motifs is 1. The van der Waals surface area contributed by atoms with Gasteiger partial charge in [-0.3, -0.25) is 0 Å². The standard InChI is InChI=1S/C15H14ClF2NO2/c16-11-8-9(4-5-14(11)21-15(17)18)19-12-2-1-3-13-10(12)6-7-20-13/h4-8,12,15,19H,1-3H2. The van der Waals surface area contributed by atoms with E-state index in [4.69, 9.17) is 16.0 Å². The number of aryl methyl sites for hydroxylation is 1. The molecule has 1 N–H and O–H groups in total. The summed E-state index contributed by atoms with van der Waals surface area (Å²) in [6.45, 7) is -2.88. The maximum absolute atomic E-state index is 12.2. The third-order valence-corrected chi connectivity index (χ3v) is 3.84. The second-order valence-electron chi connectivity index (χ2n) is 4.91. The van der Waals surface area contributed by atoms with Gasteiger partial charge in [-0.05, 0) is 37.1 Å². The van der Waals surface area contributed by atoms with Crippen molar-refractivity contribution in [2.24, 2.45) is 0 Å². The predicted octanol–water partition coefficient (Wildman–Crippen LogP) is 5.02. The molecule has 1 aromatic carbocycles. The zero-order valence-corrected chi connectivity index (χ0v) is 11.9. The van der Waals surface area contributed by atoms with Gasteiger partial charge >= 0.3 is 6.61 Å². The van der Waals surface area contributed by atoms with Gasteiger partial charge in [0.25, 0.3) is 0 Å². The zero-order valence-electron chi connectivity index (χ0n) is 11.1. The van der Waals surface area contributed by atoms with Crippen molar-refractivity contribution in [2.45, 2.75) is 31.9 Å². The Kier molecular flexibility index (Phi) is 4.01. The van der Waals surface area contributed by atoms with Gasteiger partial charge in [-0.15, -0.1) is 0 Å². The lowest BCUT2D eigenvalue weighted by Crippen LogP contribution is -2.15. The third kappa shape index (κ3) is 3.13. The van der Waals surface area contributed by atoms with Gasteiger partial charge in [-0.1, -0.05) is 11.6 Å². The Bertz CT molecular complexity index is 630. The number of hydrogen-bond donors (Lipinski definition) is 1. The molecule has 3 nitrogen and oxygen atoms in total. The van der Waals surface area contributed by atoms with E-state index >= 15 is 0 Å². The first kappa shape index (κ1) is 14.2. The van der Waals surface area contributed by atoms with Gasteiger partial charge in [0.1, 0.15) is 11.5 Å². The second kappa shape index (κ2) is 5.93. The first-order chi connectivity index (χ1) is 10.1. The number of alkyl halides is 2. The quantitative estimate of drug-likeness (QED) is 0.860. The summed E-state index contributed by atoms with van der Waals surface area (Å²) in [4.78, 5) is 0. The van der Waals surface area contributed by atoms with E-state index in [1.165, 1.54) is 6.07 Å². The molecule has 21 heavy (non-hydrogen) atoms. The molecular formula is C15H14ClF2NO2. The van der Waals surface area contributed by atoms with Gasteiger partial charge < -0.3 is 14.5 Å². The van der Waals surface area contributed by atoms with Crippen LogP contribution in [0.2, 0.25) is 5.02 Å². The molecule has 1 aromatic heterocycles. The van der Waals surface area contributed by atoms with Crippen molar-refractivity contribution < 1.29 is 17.9 Å². The molecule has 0 saturated heterocycles. The van der Waals surface area contributed by atoms with Crippen molar-refractivity contribution in [1.29, 1.82) is 0 Å². The summed E-state index contributed by atoms with van der Waals surface area (Å²) in [5, 5.41) is 3.51. The number of hydrogen-bond acceptors (Lipinski definition) is 3. The minimum Gasteiger partial charge on any atom is -0.469 e. The summed E-state index contributed by atoms with van der Waals surface area (Å²) in [6.07, 6.45) is 4.66. The Morgan fingerprint density at radius 2 is 2.19 bits per heavy atom. The van der Waals surface area contributed by atoms with Crippen molar-refractivity contribution in [2.75, 3.05) is 5.32 Å². The van der Waals surface area contributed by atoms with E-state index in [9.17, 15) is 8.78 Å². The SMILES string of the molecule is FC(F)Oc1ccc(NC2CCCc3occc32)cc1Cl. The van der Waals surface area contributed by atoms with Crippen molar-refractivity contribution >= 4 is 17.3 Å². The maximum Gasteiger partial charge on any atom is 0.387 e. The largest absolute Gasteiger partial charge is 0.469 e. The van der Waals surface area contributed by atoms with Gasteiger partial charge in [-0.2, -0.15) is 8.78 Å². The minimum atomic E-state index is -2.88. The van der Waals surface area contributed by atoms with Crippen LogP contribution in [-0.4, -0.2) is 6.61 Å². The van der Waals surface area contributed by atoms with Crippen molar-refractivity contribution in [3.63, 3.8) is 0 Å². The highest BCUT2D eigenvalue weighted by molar-refractivity contribution is 6.32. The maximum atomic E-state index is 12.2. The highest BCUT2D eigenvalue weighted by Crippen LogP contribution is 2.35. The molecule has 1 aliphatic rings. The van der Waals surface area contributed by atoms with E-state index in [0.29, 0.717) is 0 Å². The van der Waals surface area contributed by atoms with Crippen LogP contribution in [0.25, 0.3) is 0 Å². The summed E-state index contributed by atoms with van der Waals surface area (Å²) in [7, 11) is 0. The first-order valence-corrected chi connectivity index (χ1v) is 7.08. The summed E-state index contributed by atoms with van der Waals surface area (Å²) in [5.41, 5.74) is 1.91. The van der Waals surface area contributed by atoms with E-state index < -0.39 is 6.61 Å². The van der Waals surface area contributed by atoms with Crippen LogP contribution in [-0.2, 0) is 6.42 Å². The van der Waals surface area contributed by atoms with Crippen LogP contribution in [0.15, 0.2) is 34.9 Å². The molecule has 0 saturated carbocycles. The molecule has 112 valence electrons. The highest BCUT2D eigenvalue weighted by Gasteiger charge is 2.22. The Hall–Kier alpha value is -1.75. The monoisotopic (exact) mass is 313 g/mol. The lowest BCUT2D eigenvalue weighted by molar-refractivity contribution is -0.0497. The molecule has 0 aliphatic heterocycles. The van der Waals surface area contributed by atoms with Gasteiger partial charge in [0, 0.05) is 17.7 Å². The van der Waals surface area contributed by atoms with Crippen LogP contribution >= 0.6 is 11.6 Å². The smallest absolute Gasteiger partial charge is 0.387 e. The number of benzene rings is 1. The fourth-order valence-corrected chi connectivity index (χ4v) is 2.84. The summed E-state index contributed by atoms with van der Waals surface area (Å²) in [5.74, 6) is 0.979. The molecule has 6 heteroatoms. The minimum absolute atomic E-state index is 0.0233. The summed E-state index contributed by atoms with van der Waals surface area (Å²) in [6, 6.07) is 6.81. The Labute approximate surface area is 125 Å². The fraction of sp³-hybridized carbons (Fsp3) is 0.333. The number of nitrogens with one attached hydrogen (secondary N) is 1. The molecule has 0 spiro atoms. The molecule has 1 aliphatic carbocycles. The van der Waals surface area contributed by atoms with E-state index in [1.807, 2.05) is 6.07 Å². The summed E-state index contributed by atoms with van der Waals surface area (Å²) < 4.78 is 34.2. The highest BCUT2D eigenvalue weighted by atomic mass is 35.5. The van der Waals surface area contributed by atoms with Crippen LogP contribution in [0, 0.1) is 0 Å². The van der Waals surface area contributed by atoms with E-state index in [2.05, 4.69) is 10.1 Å². The summed E-state index contributed by atoms with van der Waals surface area (Å²) >= 11 is 5.95. The van der Waals surface area contributed by atoms with Crippen molar-refractivity contribution in [1.82, 2.24) is 0 Å². The normalized spacial score (nSPS) is 17.6. The van der Waals surface area contributed by atoms with Crippen LogP contribution in [0.5, 0.6) is 5.75 Å². The van der Waals surface area contributed by atoms with E-state index in [0.717, 1.165) is 36.3 Å². The Morgan fingerprint density at radius 3 is 2.95 bits per heavy atom. The van der Waals surface area contributed by atoms with Gasteiger partial charge in [0.15, 0.2) is 0 Å². The Morgan fingerprint density at radius 1 is 1.33 bits per heavy atom. The lowest BCUT2D eigenvalue weighted by atomic mass is 9.93. The molecule has 1 unspecified atom stereocenters. The molecule has 2 aromatic rings. The van der Waals surface area contributed by atoms with Crippen LogP contribution in [0.3, 0.4) is 0 Å². The Balaban J connectivity index is 1.76. The molecular weight excluding hydrogens is 300 g/mol. The van der Waals surface area contributed by atoms with Crippen molar-refractivity contribution in [3.05, 3.63) is 46.9 Å². The molecule has 0 amide bonds. The predicted molar refractivity (Wildman–Crippen MR) is 76.1 cm³/mol. The number of anilines is 1. The second-order valence-corrected chi connectivity index (χ2v) is 5.32. The average molecular weight is 314 g/mol. The molecule has 1 atom stereocenters. The van der Waals surface area contributed by atoms with Gasteiger partial charge in [0.2, 0.25) is 0 Å².